The number of hydrogen-bond donors (Lipinski definition) is 0. The molecule has 0 aliphatic carbocycles. The Morgan fingerprint density at radius 3 is 2.80 bits per heavy atom. The van der Waals surface area contributed by atoms with Gasteiger partial charge in [-0.05, 0) is 23.9 Å². The Bertz CT molecular complexity index is 919. The molecule has 96 valence electrons. The molecule has 0 unspecified atom stereocenters. The molecule has 3 aromatic heterocycles. The van der Waals surface area contributed by atoms with Gasteiger partial charge in [-0.2, -0.15) is 0 Å². The highest BCUT2D eigenvalue weighted by atomic mass is 15.3. The van der Waals surface area contributed by atoms with Crippen molar-refractivity contribution in [1.29, 1.82) is 0 Å². The molecule has 0 saturated carbocycles. The average Bonchev–Trinajstić information content (AvgIpc) is 2.92. The molecule has 0 fully saturated rings. The minimum atomic E-state index is 0.712. The van der Waals surface area contributed by atoms with E-state index in [0.717, 1.165) is 27.5 Å². The van der Waals surface area contributed by atoms with Crippen LogP contribution in [0.1, 0.15) is 5.56 Å². The standard InChI is InChI=1S/C16H12N4/c1-11-5-4-8-20-16(11)18-15(19-20)14-10-17-9-12-6-2-3-7-13(12)14/h2-10H,1H3. The van der Waals surface area contributed by atoms with Gasteiger partial charge < -0.3 is 0 Å². The summed E-state index contributed by atoms with van der Waals surface area (Å²) in [5.41, 5.74) is 2.96. The van der Waals surface area contributed by atoms with Crippen molar-refractivity contribution in [3.05, 3.63) is 60.6 Å². The number of nitrogens with zero attached hydrogens (tertiary/aromatic N) is 4. The summed E-state index contributed by atoms with van der Waals surface area (Å²) in [4.78, 5) is 8.94. The molecule has 0 aliphatic heterocycles. The normalized spacial score (nSPS) is 11.2. The van der Waals surface area contributed by atoms with Gasteiger partial charge in [0.2, 0.25) is 0 Å². The number of hydrogen-bond acceptors (Lipinski definition) is 3. The second kappa shape index (κ2) is 4.13. The summed E-state index contributed by atoms with van der Waals surface area (Å²) in [7, 11) is 0. The van der Waals surface area contributed by atoms with Crippen molar-refractivity contribution in [3.63, 3.8) is 0 Å². The lowest BCUT2D eigenvalue weighted by Gasteiger charge is -2.01. The maximum absolute atomic E-state index is 4.64. The van der Waals surface area contributed by atoms with Crippen LogP contribution in [-0.4, -0.2) is 19.6 Å². The lowest BCUT2D eigenvalue weighted by atomic mass is 10.1. The Hall–Kier alpha value is -2.75. The monoisotopic (exact) mass is 260 g/mol. The van der Waals surface area contributed by atoms with Crippen LogP contribution in [0.5, 0.6) is 0 Å². The van der Waals surface area contributed by atoms with E-state index in [1.807, 2.05) is 60.4 Å². The Morgan fingerprint density at radius 1 is 1.00 bits per heavy atom. The van der Waals surface area contributed by atoms with Gasteiger partial charge in [-0.1, -0.05) is 30.3 Å². The first-order valence-electron chi connectivity index (χ1n) is 6.48. The summed E-state index contributed by atoms with van der Waals surface area (Å²) in [6.45, 7) is 2.04. The second-order valence-electron chi connectivity index (χ2n) is 4.80. The van der Waals surface area contributed by atoms with Crippen LogP contribution >= 0.6 is 0 Å². The second-order valence-corrected chi connectivity index (χ2v) is 4.80. The van der Waals surface area contributed by atoms with Crippen molar-refractivity contribution >= 4 is 16.4 Å². The van der Waals surface area contributed by atoms with Crippen LogP contribution in [-0.2, 0) is 0 Å². The molecule has 0 bridgehead atoms. The predicted molar refractivity (Wildman–Crippen MR) is 78.5 cm³/mol. The van der Waals surface area contributed by atoms with E-state index in [0.29, 0.717) is 5.82 Å². The van der Waals surface area contributed by atoms with E-state index in [2.05, 4.69) is 21.1 Å². The predicted octanol–water partition coefficient (Wildman–Crippen LogP) is 3.25. The molecule has 0 spiro atoms. The van der Waals surface area contributed by atoms with E-state index < -0.39 is 0 Å². The molecule has 0 radical (unpaired) electrons. The van der Waals surface area contributed by atoms with Crippen LogP contribution in [0, 0.1) is 6.92 Å². The fraction of sp³-hybridized carbons (Fsp3) is 0.0625. The first-order valence-corrected chi connectivity index (χ1v) is 6.48. The highest BCUT2D eigenvalue weighted by molar-refractivity contribution is 5.94. The SMILES string of the molecule is Cc1cccn2nc(-c3cncc4ccccc34)nc12. The summed E-state index contributed by atoms with van der Waals surface area (Å²) in [6.07, 6.45) is 5.60. The molecule has 1 aromatic carbocycles. The molecule has 0 aliphatic rings. The highest BCUT2D eigenvalue weighted by Crippen LogP contribution is 2.25. The topological polar surface area (TPSA) is 43.1 Å². The van der Waals surface area contributed by atoms with Crippen LogP contribution < -0.4 is 0 Å². The first-order chi connectivity index (χ1) is 9.83. The molecule has 0 amide bonds. The van der Waals surface area contributed by atoms with Crippen molar-refractivity contribution in [2.45, 2.75) is 6.92 Å². The van der Waals surface area contributed by atoms with Gasteiger partial charge in [0.25, 0.3) is 0 Å². The molecule has 4 heteroatoms. The van der Waals surface area contributed by atoms with Gasteiger partial charge in [-0.3, -0.25) is 4.98 Å². The maximum atomic E-state index is 4.64. The van der Waals surface area contributed by atoms with Crippen LogP contribution in [0.2, 0.25) is 0 Å². The van der Waals surface area contributed by atoms with Gasteiger partial charge in [0.05, 0.1) is 0 Å². The van der Waals surface area contributed by atoms with Gasteiger partial charge in [0.1, 0.15) is 0 Å². The quantitative estimate of drug-likeness (QED) is 0.527. The Kier molecular flexibility index (Phi) is 2.29. The summed E-state index contributed by atoms with van der Waals surface area (Å²) >= 11 is 0. The van der Waals surface area contributed by atoms with Crippen LogP contribution in [0.15, 0.2) is 55.0 Å². The number of fused-ring (bicyclic) bond motifs is 2. The lowest BCUT2D eigenvalue weighted by Crippen LogP contribution is -1.88. The van der Waals surface area contributed by atoms with Crippen molar-refractivity contribution in [2.75, 3.05) is 0 Å². The van der Waals surface area contributed by atoms with E-state index in [4.69, 9.17) is 0 Å². The van der Waals surface area contributed by atoms with E-state index in [1.54, 1.807) is 0 Å². The molecular weight excluding hydrogens is 248 g/mol. The molecule has 4 nitrogen and oxygen atoms in total. The average molecular weight is 260 g/mol. The summed E-state index contributed by atoms with van der Waals surface area (Å²) < 4.78 is 1.81. The zero-order valence-corrected chi connectivity index (χ0v) is 11.0. The van der Waals surface area contributed by atoms with Crippen LogP contribution in [0.3, 0.4) is 0 Å². The fourth-order valence-corrected chi connectivity index (χ4v) is 2.45. The minimum Gasteiger partial charge on any atom is -0.263 e. The van der Waals surface area contributed by atoms with Gasteiger partial charge in [-0.15, -0.1) is 5.10 Å². The molecule has 4 aromatic rings. The smallest absolute Gasteiger partial charge is 0.184 e. The number of pyridine rings is 2. The first kappa shape index (κ1) is 11.1. The number of aryl methyl sites for hydroxylation is 1. The summed E-state index contributed by atoms with van der Waals surface area (Å²) in [6, 6.07) is 12.2. The van der Waals surface area contributed by atoms with Crippen molar-refractivity contribution in [1.82, 2.24) is 19.6 Å². The number of benzene rings is 1. The van der Waals surface area contributed by atoms with E-state index in [1.165, 1.54) is 0 Å². The zero-order chi connectivity index (χ0) is 13.5. The van der Waals surface area contributed by atoms with Crippen molar-refractivity contribution in [2.24, 2.45) is 0 Å². The maximum Gasteiger partial charge on any atom is 0.184 e. The largest absolute Gasteiger partial charge is 0.263 e. The third-order valence-corrected chi connectivity index (χ3v) is 3.47. The molecule has 0 N–H and O–H groups in total. The third kappa shape index (κ3) is 1.58. The van der Waals surface area contributed by atoms with Crippen molar-refractivity contribution < 1.29 is 0 Å². The lowest BCUT2D eigenvalue weighted by molar-refractivity contribution is 0.960. The number of rotatable bonds is 1. The molecular formula is C16H12N4. The van der Waals surface area contributed by atoms with E-state index in [-0.39, 0.29) is 0 Å². The summed E-state index contributed by atoms with van der Waals surface area (Å²) in [5, 5.41) is 6.78. The van der Waals surface area contributed by atoms with Crippen LogP contribution in [0.25, 0.3) is 27.8 Å². The fourth-order valence-electron chi connectivity index (χ4n) is 2.45. The zero-order valence-electron chi connectivity index (χ0n) is 11.0. The van der Waals surface area contributed by atoms with Crippen molar-refractivity contribution in [3.8, 4) is 11.4 Å². The van der Waals surface area contributed by atoms with Gasteiger partial charge >= 0.3 is 0 Å². The number of aromatic nitrogens is 4. The highest BCUT2D eigenvalue weighted by Gasteiger charge is 2.11. The molecule has 4 rings (SSSR count). The van der Waals surface area contributed by atoms with E-state index in [9.17, 15) is 0 Å². The third-order valence-electron chi connectivity index (χ3n) is 3.47. The van der Waals surface area contributed by atoms with Gasteiger partial charge in [0.15, 0.2) is 11.5 Å². The molecule has 3 heterocycles. The van der Waals surface area contributed by atoms with Gasteiger partial charge in [0, 0.05) is 29.5 Å². The molecule has 0 saturated heterocycles. The summed E-state index contributed by atoms with van der Waals surface area (Å²) in [5.74, 6) is 0.712. The van der Waals surface area contributed by atoms with Crippen LogP contribution in [0.4, 0.5) is 0 Å². The Labute approximate surface area is 115 Å². The van der Waals surface area contributed by atoms with E-state index >= 15 is 0 Å². The minimum absolute atomic E-state index is 0.712. The molecule has 20 heavy (non-hydrogen) atoms. The molecule has 0 atom stereocenters. The Balaban J connectivity index is 2.04. The Morgan fingerprint density at radius 2 is 1.90 bits per heavy atom. The van der Waals surface area contributed by atoms with Gasteiger partial charge in [-0.25, -0.2) is 9.50 Å².